The fraction of sp³-hybridized carbons (Fsp3) is 0.238. The second kappa shape index (κ2) is 8.22. The van der Waals surface area contributed by atoms with Crippen LogP contribution < -0.4 is 15.4 Å². The molecule has 2 N–H and O–H groups in total. The second-order valence-corrected chi connectivity index (χ2v) is 6.98. The smallest absolute Gasteiger partial charge is 0.175 e. The number of ether oxygens (including phenoxy) is 1. The Morgan fingerprint density at radius 2 is 1.89 bits per heavy atom. The normalized spacial score (nSPS) is 10.5. The van der Waals surface area contributed by atoms with Crippen LogP contribution in [0.5, 0.6) is 5.75 Å². The molecule has 0 spiro atoms. The molecule has 0 aliphatic heterocycles. The van der Waals surface area contributed by atoms with Crippen molar-refractivity contribution in [2.45, 2.75) is 27.3 Å². The molecular weight excluding hydrogens is 356 g/mol. The Labute approximate surface area is 165 Å². The van der Waals surface area contributed by atoms with Crippen molar-refractivity contribution in [1.29, 1.82) is 0 Å². The van der Waals surface area contributed by atoms with E-state index in [1.165, 1.54) is 0 Å². The Morgan fingerprint density at radius 1 is 1.07 bits per heavy atom. The number of anilines is 2. The highest BCUT2D eigenvalue weighted by Crippen LogP contribution is 2.25. The van der Waals surface area contributed by atoms with Gasteiger partial charge in [-0.05, 0) is 74.4 Å². The van der Waals surface area contributed by atoms with E-state index in [1.807, 2.05) is 48.9 Å². The van der Waals surface area contributed by atoms with Gasteiger partial charge in [0.05, 0.1) is 25.0 Å². The highest BCUT2D eigenvalue weighted by Gasteiger charge is 2.07. The molecule has 5 nitrogen and oxygen atoms in total. The summed E-state index contributed by atoms with van der Waals surface area (Å²) in [6, 6.07) is 16.2. The van der Waals surface area contributed by atoms with Gasteiger partial charge in [0.2, 0.25) is 0 Å². The van der Waals surface area contributed by atoms with Crippen LogP contribution in [0.15, 0.2) is 48.5 Å². The first-order valence-electron chi connectivity index (χ1n) is 8.77. The molecule has 1 aromatic heterocycles. The van der Waals surface area contributed by atoms with Crippen molar-refractivity contribution < 1.29 is 4.74 Å². The molecule has 6 heteroatoms. The number of nitrogens with zero attached hydrogens (tertiary/aromatic N) is 2. The van der Waals surface area contributed by atoms with E-state index in [-0.39, 0.29) is 0 Å². The number of hydrogen-bond acceptors (Lipinski definition) is 3. The van der Waals surface area contributed by atoms with E-state index in [2.05, 4.69) is 40.9 Å². The highest BCUT2D eigenvalue weighted by atomic mass is 32.1. The van der Waals surface area contributed by atoms with Crippen LogP contribution in [0.25, 0.3) is 0 Å². The minimum absolute atomic E-state index is 0.516. The molecule has 0 bridgehead atoms. The van der Waals surface area contributed by atoms with Crippen molar-refractivity contribution in [3.63, 3.8) is 0 Å². The highest BCUT2D eigenvalue weighted by molar-refractivity contribution is 7.80. The SMILES string of the molecule is COc1ccc(C)cc1NC(=S)Nc1cccc(Cn2nc(C)cc2C)c1. The first-order valence-corrected chi connectivity index (χ1v) is 9.18. The molecule has 0 aliphatic rings. The third kappa shape index (κ3) is 4.86. The summed E-state index contributed by atoms with van der Waals surface area (Å²) in [6.45, 7) is 6.83. The maximum Gasteiger partial charge on any atom is 0.175 e. The number of aromatic nitrogens is 2. The quantitative estimate of drug-likeness (QED) is 0.630. The summed E-state index contributed by atoms with van der Waals surface area (Å²) in [5.74, 6) is 0.753. The van der Waals surface area contributed by atoms with Gasteiger partial charge in [-0.2, -0.15) is 5.10 Å². The molecule has 3 aromatic rings. The molecule has 0 saturated carbocycles. The maximum absolute atomic E-state index is 5.47. The number of hydrogen-bond donors (Lipinski definition) is 2. The van der Waals surface area contributed by atoms with Gasteiger partial charge >= 0.3 is 0 Å². The van der Waals surface area contributed by atoms with Crippen LogP contribution in [0.3, 0.4) is 0 Å². The maximum atomic E-state index is 5.47. The molecule has 0 atom stereocenters. The van der Waals surface area contributed by atoms with Crippen molar-refractivity contribution in [2.75, 3.05) is 17.7 Å². The fourth-order valence-corrected chi connectivity index (χ4v) is 3.19. The van der Waals surface area contributed by atoms with Gasteiger partial charge in [0.15, 0.2) is 5.11 Å². The van der Waals surface area contributed by atoms with Crippen LogP contribution in [0, 0.1) is 20.8 Å². The average Bonchev–Trinajstić information content (AvgIpc) is 2.92. The third-order valence-electron chi connectivity index (χ3n) is 4.22. The summed E-state index contributed by atoms with van der Waals surface area (Å²) in [6.07, 6.45) is 0. The standard InChI is InChI=1S/C21H24N4OS/c1-14-8-9-20(26-4)19(10-14)23-21(27)22-18-7-5-6-17(12-18)13-25-16(3)11-15(2)24-25/h5-12H,13H2,1-4H3,(H2,22,23,27). The van der Waals surface area contributed by atoms with E-state index in [1.54, 1.807) is 7.11 Å². The molecule has 2 aromatic carbocycles. The summed E-state index contributed by atoms with van der Waals surface area (Å²) in [5, 5.41) is 11.5. The lowest BCUT2D eigenvalue weighted by molar-refractivity contribution is 0.417. The van der Waals surface area contributed by atoms with Gasteiger partial charge in [-0.3, -0.25) is 4.68 Å². The number of methoxy groups -OCH3 is 1. The van der Waals surface area contributed by atoms with Crippen LogP contribution in [0.4, 0.5) is 11.4 Å². The van der Waals surface area contributed by atoms with Crippen molar-refractivity contribution in [1.82, 2.24) is 9.78 Å². The summed E-state index contributed by atoms with van der Waals surface area (Å²) >= 11 is 5.47. The Morgan fingerprint density at radius 3 is 2.59 bits per heavy atom. The minimum Gasteiger partial charge on any atom is -0.495 e. The molecule has 27 heavy (non-hydrogen) atoms. The zero-order valence-electron chi connectivity index (χ0n) is 16.0. The Balaban J connectivity index is 1.70. The van der Waals surface area contributed by atoms with E-state index in [0.29, 0.717) is 5.11 Å². The molecule has 0 radical (unpaired) electrons. The first-order chi connectivity index (χ1) is 12.9. The summed E-state index contributed by atoms with van der Waals surface area (Å²) in [5.41, 5.74) is 6.23. The predicted molar refractivity (Wildman–Crippen MR) is 115 cm³/mol. The van der Waals surface area contributed by atoms with E-state index in [0.717, 1.165) is 46.2 Å². The number of thiocarbonyl (C=S) groups is 1. The van der Waals surface area contributed by atoms with E-state index < -0.39 is 0 Å². The van der Waals surface area contributed by atoms with Crippen LogP contribution in [0.2, 0.25) is 0 Å². The van der Waals surface area contributed by atoms with Crippen LogP contribution in [-0.4, -0.2) is 22.0 Å². The lowest BCUT2D eigenvalue weighted by Crippen LogP contribution is -2.19. The number of nitrogens with one attached hydrogen (secondary N) is 2. The topological polar surface area (TPSA) is 51.1 Å². The Bertz CT molecular complexity index is 965. The summed E-state index contributed by atoms with van der Waals surface area (Å²) in [7, 11) is 1.65. The predicted octanol–water partition coefficient (Wildman–Crippen LogP) is 4.67. The molecule has 0 unspecified atom stereocenters. The van der Waals surface area contributed by atoms with Crippen molar-refractivity contribution in [2.24, 2.45) is 0 Å². The van der Waals surface area contributed by atoms with Gasteiger partial charge in [-0.25, -0.2) is 0 Å². The molecule has 0 amide bonds. The van der Waals surface area contributed by atoms with Crippen LogP contribution >= 0.6 is 12.2 Å². The van der Waals surface area contributed by atoms with Crippen molar-refractivity contribution in [3.8, 4) is 5.75 Å². The summed E-state index contributed by atoms with van der Waals surface area (Å²) in [4.78, 5) is 0. The van der Waals surface area contributed by atoms with Gasteiger partial charge in [-0.1, -0.05) is 18.2 Å². The monoisotopic (exact) mass is 380 g/mol. The molecule has 0 aliphatic carbocycles. The first kappa shape index (κ1) is 18.9. The molecule has 0 fully saturated rings. The Kier molecular flexibility index (Phi) is 5.76. The number of aryl methyl sites for hydroxylation is 3. The van der Waals surface area contributed by atoms with E-state index in [9.17, 15) is 0 Å². The van der Waals surface area contributed by atoms with Gasteiger partial charge in [0, 0.05) is 11.4 Å². The van der Waals surface area contributed by atoms with Crippen molar-refractivity contribution in [3.05, 3.63) is 71.0 Å². The largest absolute Gasteiger partial charge is 0.495 e. The van der Waals surface area contributed by atoms with Gasteiger partial charge in [0.1, 0.15) is 5.75 Å². The van der Waals surface area contributed by atoms with Crippen LogP contribution in [0.1, 0.15) is 22.5 Å². The number of benzene rings is 2. The van der Waals surface area contributed by atoms with Gasteiger partial charge in [0.25, 0.3) is 0 Å². The van der Waals surface area contributed by atoms with Gasteiger partial charge in [-0.15, -0.1) is 0 Å². The minimum atomic E-state index is 0.516. The molecule has 3 rings (SSSR count). The number of rotatable bonds is 5. The molecule has 0 saturated heterocycles. The molecule has 140 valence electrons. The third-order valence-corrected chi connectivity index (χ3v) is 4.43. The zero-order chi connectivity index (χ0) is 19.4. The fourth-order valence-electron chi connectivity index (χ4n) is 2.96. The lowest BCUT2D eigenvalue weighted by Gasteiger charge is -2.15. The van der Waals surface area contributed by atoms with E-state index in [4.69, 9.17) is 17.0 Å². The zero-order valence-corrected chi connectivity index (χ0v) is 16.9. The molecular formula is C21H24N4OS. The lowest BCUT2D eigenvalue weighted by atomic mass is 10.2. The van der Waals surface area contributed by atoms with Crippen LogP contribution in [-0.2, 0) is 6.54 Å². The van der Waals surface area contributed by atoms with Crippen molar-refractivity contribution >= 4 is 28.7 Å². The van der Waals surface area contributed by atoms with Gasteiger partial charge < -0.3 is 15.4 Å². The summed E-state index contributed by atoms with van der Waals surface area (Å²) < 4.78 is 7.39. The second-order valence-electron chi connectivity index (χ2n) is 6.57. The average molecular weight is 381 g/mol. The Hall–Kier alpha value is -2.86. The van der Waals surface area contributed by atoms with E-state index >= 15 is 0 Å². The molecule has 1 heterocycles.